The van der Waals surface area contributed by atoms with E-state index in [4.69, 9.17) is 0 Å². The molecule has 3 nitrogen and oxygen atoms in total. The van der Waals surface area contributed by atoms with Gasteiger partial charge in [-0.15, -0.1) is 0 Å². The van der Waals surface area contributed by atoms with Gasteiger partial charge >= 0.3 is 0 Å². The van der Waals surface area contributed by atoms with Crippen LogP contribution in [0.3, 0.4) is 0 Å². The van der Waals surface area contributed by atoms with Crippen molar-refractivity contribution in [3.8, 4) is 0 Å². The second-order valence-electron chi connectivity index (χ2n) is 10.1. The van der Waals surface area contributed by atoms with Crippen LogP contribution in [0.15, 0.2) is 11.6 Å². The minimum Gasteiger partial charge on any atom is -0.393 e. The number of aliphatic hydroxyl groups is 2. The summed E-state index contributed by atoms with van der Waals surface area (Å²) in [6.07, 6.45) is 9.30. The van der Waals surface area contributed by atoms with Gasteiger partial charge in [-0.25, -0.2) is 0 Å². The zero-order chi connectivity index (χ0) is 18.2. The highest BCUT2D eigenvalue weighted by Crippen LogP contribution is 2.67. The van der Waals surface area contributed by atoms with Gasteiger partial charge in [-0.3, -0.25) is 4.79 Å². The SMILES string of the molecule is CC(=O)[C@@]1(O)[C@H](C)C[C@H]2[C@@H]3CC[C@H]4C[C@H](O)CC[C@]4(C)C3=CC[C@@]21C. The summed E-state index contributed by atoms with van der Waals surface area (Å²) in [6, 6.07) is 0. The Labute approximate surface area is 151 Å². The summed E-state index contributed by atoms with van der Waals surface area (Å²) in [5.74, 6) is 1.48. The van der Waals surface area contributed by atoms with E-state index in [2.05, 4.69) is 26.8 Å². The van der Waals surface area contributed by atoms with Crippen molar-refractivity contribution in [3.05, 3.63) is 11.6 Å². The Bertz CT molecular complexity index is 625. The first-order valence-corrected chi connectivity index (χ1v) is 10.3. The molecular weight excluding hydrogens is 312 g/mol. The molecule has 0 unspecified atom stereocenters. The van der Waals surface area contributed by atoms with Crippen LogP contribution in [-0.4, -0.2) is 27.7 Å². The van der Waals surface area contributed by atoms with Crippen LogP contribution in [-0.2, 0) is 4.79 Å². The molecular formula is C22H34O3. The minimum absolute atomic E-state index is 0.0338. The van der Waals surface area contributed by atoms with E-state index >= 15 is 0 Å². The highest BCUT2D eigenvalue weighted by molar-refractivity contribution is 5.86. The molecule has 0 radical (unpaired) electrons. The lowest BCUT2D eigenvalue weighted by Gasteiger charge is -2.57. The van der Waals surface area contributed by atoms with Crippen molar-refractivity contribution in [2.75, 3.05) is 0 Å². The average Bonchev–Trinajstić information content (AvgIpc) is 2.77. The van der Waals surface area contributed by atoms with E-state index in [-0.39, 0.29) is 28.6 Å². The lowest BCUT2D eigenvalue weighted by Crippen LogP contribution is -2.56. The van der Waals surface area contributed by atoms with Crippen molar-refractivity contribution >= 4 is 5.78 Å². The second kappa shape index (κ2) is 5.42. The Morgan fingerprint density at radius 1 is 1.20 bits per heavy atom. The summed E-state index contributed by atoms with van der Waals surface area (Å²) >= 11 is 0. The fourth-order valence-electron chi connectivity index (χ4n) is 7.60. The number of aliphatic hydroxyl groups excluding tert-OH is 1. The zero-order valence-electron chi connectivity index (χ0n) is 16.2. The summed E-state index contributed by atoms with van der Waals surface area (Å²) in [5, 5.41) is 21.5. The molecule has 8 atom stereocenters. The van der Waals surface area contributed by atoms with E-state index < -0.39 is 5.60 Å². The molecule has 2 N–H and O–H groups in total. The molecule has 0 amide bonds. The van der Waals surface area contributed by atoms with Gasteiger partial charge in [0.05, 0.1) is 6.10 Å². The molecule has 0 heterocycles. The third-order valence-corrected chi connectivity index (χ3v) is 9.12. The lowest BCUT2D eigenvalue weighted by atomic mass is 9.48. The third kappa shape index (κ3) is 2.09. The highest BCUT2D eigenvalue weighted by Gasteiger charge is 2.66. The predicted octanol–water partition coefficient (Wildman–Crippen LogP) is 3.88. The van der Waals surface area contributed by atoms with E-state index in [0.29, 0.717) is 17.8 Å². The maximum atomic E-state index is 12.4. The van der Waals surface area contributed by atoms with E-state index in [1.165, 1.54) is 6.42 Å². The molecule has 140 valence electrons. The van der Waals surface area contributed by atoms with E-state index in [0.717, 1.165) is 38.5 Å². The van der Waals surface area contributed by atoms with Gasteiger partial charge in [0.2, 0.25) is 0 Å². The van der Waals surface area contributed by atoms with Crippen LogP contribution in [0.1, 0.15) is 72.6 Å². The summed E-state index contributed by atoms with van der Waals surface area (Å²) in [6.45, 7) is 8.22. The summed E-state index contributed by atoms with van der Waals surface area (Å²) < 4.78 is 0. The van der Waals surface area contributed by atoms with Crippen molar-refractivity contribution in [2.24, 2.45) is 34.5 Å². The van der Waals surface area contributed by atoms with Crippen LogP contribution in [0.25, 0.3) is 0 Å². The number of carbonyl (C=O) groups is 1. The monoisotopic (exact) mass is 346 g/mol. The van der Waals surface area contributed by atoms with Gasteiger partial charge in [-0.2, -0.15) is 0 Å². The number of rotatable bonds is 1. The Kier molecular flexibility index (Phi) is 3.84. The zero-order valence-corrected chi connectivity index (χ0v) is 16.2. The van der Waals surface area contributed by atoms with Crippen molar-refractivity contribution in [1.29, 1.82) is 0 Å². The molecule has 0 bridgehead atoms. The molecule has 4 aliphatic rings. The number of hydrogen-bond acceptors (Lipinski definition) is 3. The van der Waals surface area contributed by atoms with Gasteiger partial charge in [-0.1, -0.05) is 32.4 Å². The standard InChI is InChI=1S/C22H34O3/c1-13-11-19-17-6-5-15-12-16(24)7-9-20(15,3)18(17)8-10-21(19,4)22(13,25)14(2)23/h8,13,15-17,19,24-25H,5-7,9-12H2,1-4H3/t13-,15+,16-,17-,19+,20+,21+,22+/m1/s1. The number of allylic oxidation sites excluding steroid dienone is 2. The Hall–Kier alpha value is -0.670. The van der Waals surface area contributed by atoms with Gasteiger partial charge < -0.3 is 10.2 Å². The molecule has 3 saturated carbocycles. The highest BCUT2D eigenvalue weighted by atomic mass is 16.3. The minimum atomic E-state index is -1.18. The van der Waals surface area contributed by atoms with Crippen molar-refractivity contribution in [3.63, 3.8) is 0 Å². The van der Waals surface area contributed by atoms with Crippen molar-refractivity contribution in [1.82, 2.24) is 0 Å². The number of Topliss-reactive ketones (excluding diaryl/α,β-unsaturated/α-hetero) is 1. The van der Waals surface area contributed by atoms with Crippen LogP contribution in [0.4, 0.5) is 0 Å². The van der Waals surface area contributed by atoms with E-state index in [1.807, 2.05) is 0 Å². The van der Waals surface area contributed by atoms with Crippen LogP contribution in [0.2, 0.25) is 0 Å². The number of carbonyl (C=O) groups excluding carboxylic acids is 1. The third-order valence-electron chi connectivity index (χ3n) is 9.12. The fourth-order valence-corrected chi connectivity index (χ4v) is 7.60. The van der Waals surface area contributed by atoms with Gasteiger partial charge in [0, 0.05) is 5.41 Å². The number of hydrogen-bond donors (Lipinski definition) is 2. The van der Waals surface area contributed by atoms with E-state index in [1.54, 1.807) is 12.5 Å². The summed E-state index contributed by atoms with van der Waals surface area (Å²) in [4.78, 5) is 12.4. The molecule has 0 saturated heterocycles. The fraction of sp³-hybridized carbons (Fsp3) is 0.864. The Morgan fingerprint density at radius 2 is 1.92 bits per heavy atom. The van der Waals surface area contributed by atoms with Gasteiger partial charge in [0.1, 0.15) is 5.60 Å². The van der Waals surface area contributed by atoms with E-state index in [9.17, 15) is 15.0 Å². The van der Waals surface area contributed by atoms with Gasteiger partial charge in [-0.05, 0) is 81.0 Å². The molecule has 0 aromatic heterocycles. The van der Waals surface area contributed by atoms with Crippen LogP contribution < -0.4 is 0 Å². The van der Waals surface area contributed by atoms with Crippen LogP contribution >= 0.6 is 0 Å². The van der Waals surface area contributed by atoms with Gasteiger partial charge in [0.15, 0.2) is 5.78 Å². The lowest BCUT2D eigenvalue weighted by molar-refractivity contribution is -0.156. The largest absolute Gasteiger partial charge is 0.393 e. The second-order valence-corrected chi connectivity index (χ2v) is 10.1. The molecule has 4 rings (SSSR count). The van der Waals surface area contributed by atoms with Crippen LogP contribution in [0.5, 0.6) is 0 Å². The predicted molar refractivity (Wildman–Crippen MR) is 97.9 cm³/mol. The van der Waals surface area contributed by atoms with Crippen molar-refractivity contribution < 1.29 is 15.0 Å². The molecule has 0 aliphatic heterocycles. The van der Waals surface area contributed by atoms with Crippen LogP contribution in [0, 0.1) is 34.5 Å². The number of fused-ring (bicyclic) bond motifs is 5. The number of ketones is 1. The molecule has 25 heavy (non-hydrogen) atoms. The maximum Gasteiger partial charge on any atom is 0.162 e. The quantitative estimate of drug-likeness (QED) is 0.709. The molecule has 0 aromatic rings. The summed E-state index contributed by atoms with van der Waals surface area (Å²) in [7, 11) is 0. The van der Waals surface area contributed by atoms with Gasteiger partial charge in [0.25, 0.3) is 0 Å². The summed E-state index contributed by atoms with van der Waals surface area (Å²) in [5.41, 5.74) is 0.298. The first-order chi connectivity index (χ1) is 11.6. The molecule has 4 aliphatic carbocycles. The molecule has 3 fully saturated rings. The molecule has 3 heteroatoms. The Morgan fingerprint density at radius 3 is 2.60 bits per heavy atom. The maximum absolute atomic E-state index is 12.4. The molecule has 0 spiro atoms. The first-order valence-electron chi connectivity index (χ1n) is 10.3. The van der Waals surface area contributed by atoms with Crippen molar-refractivity contribution in [2.45, 2.75) is 84.3 Å². The topological polar surface area (TPSA) is 57.5 Å². The normalized spacial score (nSPS) is 55.0. The first kappa shape index (κ1) is 17.7. The molecule has 0 aromatic carbocycles. The Balaban J connectivity index is 1.74. The smallest absolute Gasteiger partial charge is 0.162 e. The average molecular weight is 347 g/mol.